The second-order valence-corrected chi connectivity index (χ2v) is 11.0. The second kappa shape index (κ2) is 9.95. The van der Waals surface area contributed by atoms with E-state index in [0.717, 1.165) is 49.5 Å². The molecule has 0 amide bonds. The summed E-state index contributed by atoms with van der Waals surface area (Å²) >= 11 is 0. The van der Waals surface area contributed by atoms with Gasteiger partial charge in [0.15, 0.2) is 0 Å². The molecular weight excluding hydrogens is 462 g/mol. The molecule has 6 rings (SSSR count). The van der Waals surface area contributed by atoms with Crippen LogP contribution in [0.25, 0.3) is 11.3 Å². The molecule has 0 spiro atoms. The number of nitro benzene ring substituents is 1. The number of nitrogens with one attached hydrogen (secondary N) is 1. The van der Waals surface area contributed by atoms with Crippen molar-refractivity contribution in [3.63, 3.8) is 0 Å². The lowest BCUT2D eigenvalue weighted by atomic mass is 10.0. The molecule has 0 radical (unpaired) electrons. The SMILES string of the molecule is CCn1c(CN2CCCC2c2cccc(N3CC4CCC(C3)N4)c2)ccc1-c1ccc([N+](=O)[O-])cc1C. The highest BCUT2D eigenvalue weighted by molar-refractivity contribution is 5.67. The van der Waals surface area contributed by atoms with E-state index in [2.05, 4.69) is 63.0 Å². The Kier molecular flexibility index (Phi) is 6.51. The minimum atomic E-state index is -0.323. The largest absolute Gasteiger partial charge is 0.368 e. The Morgan fingerprint density at radius 1 is 1.03 bits per heavy atom. The number of aromatic nitrogens is 1. The van der Waals surface area contributed by atoms with Crippen LogP contribution in [0, 0.1) is 17.0 Å². The molecule has 3 aliphatic rings. The molecule has 3 aromatic rings. The van der Waals surface area contributed by atoms with Crippen LogP contribution in [0.3, 0.4) is 0 Å². The number of benzene rings is 2. The molecule has 37 heavy (non-hydrogen) atoms. The summed E-state index contributed by atoms with van der Waals surface area (Å²) in [5.74, 6) is 0. The summed E-state index contributed by atoms with van der Waals surface area (Å²) in [5.41, 5.74) is 7.39. The summed E-state index contributed by atoms with van der Waals surface area (Å²) in [6.07, 6.45) is 5.01. The van der Waals surface area contributed by atoms with Gasteiger partial charge < -0.3 is 14.8 Å². The smallest absolute Gasteiger partial charge is 0.269 e. The van der Waals surface area contributed by atoms with Crippen molar-refractivity contribution in [1.82, 2.24) is 14.8 Å². The molecule has 3 unspecified atom stereocenters. The Labute approximate surface area is 219 Å². The molecule has 3 fully saturated rings. The topological polar surface area (TPSA) is 66.6 Å². The van der Waals surface area contributed by atoms with Gasteiger partial charge in [-0.2, -0.15) is 0 Å². The summed E-state index contributed by atoms with van der Waals surface area (Å²) in [7, 11) is 0. The zero-order valence-corrected chi connectivity index (χ0v) is 21.9. The van der Waals surface area contributed by atoms with Gasteiger partial charge in [0.25, 0.3) is 5.69 Å². The number of hydrogen-bond acceptors (Lipinski definition) is 5. The third-order valence-corrected chi connectivity index (χ3v) is 8.65. The highest BCUT2D eigenvalue weighted by Gasteiger charge is 2.33. The molecule has 0 saturated carbocycles. The average molecular weight is 500 g/mol. The lowest BCUT2D eigenvalue weighted by Crippen LogP contribution is -2.51. The van der Waals surface area contributed by atoms with Crippen LogP contribution in [0.5, 0.6) is 0 Å². The molecule has 3 saturated heterocycles. The van der Waals surface area contributed by atoms with Gasteiger partial charge in [0.05, 0.1) is 4.92 Å². The minimum absolute atomic E-state index is 0.145. The van der Waals surface area contributed by atoms with Crippen LogP contribution >= 0.6 is 0 Å². The van der Waals surface area contributed by atoms with Gasteiger partial charge in [0.2, 0.25) is 0 Å². The van der Waals surface area contributed by atoms with E-state index in [1.807, 2.05) is 13.0 Å². The molecule has 3 atom stereocenters. The minimum Gasteiger partial charge on any atom is -0.368 e. The first kappa shape index (κ1) is 24.2. The zero-order valence-electron chi connectivity index (χ0n) is 21.9. The first-order valence-corrected chi connectivity index (χ1v) is 13.8. The monoisotopic (exact) mass is 499 g/mol. The lowest BCUT2D eigenvalue weighted by molar-refractivity contribution is -0.384. The van der Waals surface area contributed by atoms with Crippen LogP contribution in [-0.4, -0.2) is 46.1 Å². The second-order valence-electron chi connectivity index (χ2n) is 11.0. The number of hydrogen-bond donors (Lipinski definition) is 1. The molecule has 2 aromatic carbocycles. The maximum Gasteiger partial charge on any atom is 0.269 e. The van der Waals surface area contributed by atoms with E-state index in [9.17, 15) is 10.1 Å². The van der Waals surface area contributed by atoms with Crippen molar-refractivity contribution in [2.24, 2.45) is 0 Å². The number of likely N-dealkylation sites (tertiary alicyclic amines) is 1. The van der Waals surface area contributed by atoms with Gasteiger partial charge in [0, 0.05) is 79.1 Å². The molecule has 7 nitrogen and oxygen atoms in total. The van der Waals surface area contributed by atoms with Crippen molar-refractivity contribution in [3.05, 3.63) is 81.5 Å². The average Bonchev–Trinajstić information content (AvgIpc) is 3.62. The third-order valence-electron chi connectivity index (χ3n) is 8.65. The standard InChI is InChI=1S/C30H37N5O2/c1-3-34-27(12-14-30(34)28-13-11-26(35(36)37)16-21(28)2)20-32-15-5-8-29(32)22-6-4-7-25(17-22)33-18-23-9-10-24(19-33)31-23/h4,6-7,11-14,16-17,23-24,29,31H,3,5,8-10,15,18-20H2,1-2H3. The third kappa shape index (κ3) is 4.66. The molecule has 3 aliphatic heterocycles. The number of piperazine rings is 1. The molecule has 194 valence electrons. The number of fused-ring (bicyclic) bond motifs is 2. The van der Waals surface area contributed by atoms with E-state index >= 15 is 0 Å². The van der Waals surface area contributed by atoms with Crippen LogP contribution in [0.1, 0.15) is 55.5 Å². The van der Waals surface area contributed by atoms with Crippen LogP contribution < -0.4 is 10.2 Å². The molecular formula is C30H37N5O2. The molecule has 1 N–H and O–H groups in total. The van der Waals surface area contributed by atoms with Gasteiger partial charge >= 0.3 is 0 Å². The predicted octanol–water partition coefficient (Wildman–Crippen LogP) is 5.67. The maximum atomic E-state index is 11.2. The highest BCUT2D eigenvalue weighted by Crippen LogP contribution is 2.37. The van der Waals surface area contributed by atoms with E-state index in [4.69, 9.17) is 0 Å². The van der Waals surface area contributed by atoms with Crippen LogP contribution in [0.15, 0.2) is 54.6 Å². The summed E-state index contributed by atoms with van der Waals surface area (Å²) in [4.78, 5) is 16.1. The van der Waals surface area contributed by atoms with Gasteiger partial charge in [-0.1, -0.05) is 12.1 Å². The number of aryl methyl sites for hydroxylation is 1. The molecule has 7 heteroatoms. The summed E-state index contributed by atoms with van der Waals surface area (Å²) < 4.78 is 2.37. The fraction of sp³-hybridized carbons (Fsp3) is 0.467. The Hall–Kier alpha value is -3.16. The van der Waals surface area contributed by atoms with Crippen molar-refractivity contribution in [2.75, 3.05) is 24.5 Å². The number of nitro groups is 1. The zero-order chi connectivity index (χ0) is 25.5. The predicted molar refractivity (Wildman–Crippen MR) is 148 cm³/mol. The number of non-ortho nitro benzene ring substituents is 1. The van der Waals surface area contributed by atoms with Crippen LogP contribution in [-0.2, 0) is 13.1 Å². The van der Waals surface area contributed by atoms with Crippen LogP contribution in [0.4, 0.5) is 11.4 Å². The van der Waals surface area contributed by atoms with E-state index in [-0.39, 0.29) is 10.6 Å². The van der Waals surface area contributed by atoms with Crippen molar-refractivity contribution in [3.8, 4) is 11.3 Å². The fourth-order valence-electron chi connectivity index (χ4n) is 6.84. The van der Waals surface area contributed by atoms with Crippen molar-refractivity contribution < 1.29 is 4.92 Å². The molecule has 4 heterocycles. The Balaban J connectivity index is 1.22. The first-order valence-electron chi connectivity index (χ1n) is 13.8. The highest BCUT2D eigenvalue weighted by atomic mass is 16.6. The van der Waals surface area contributed by atoms with E-state index < -0.39 is 0 Å². The van der Waals surface area contributed by atoms with Gasteiger partial charge in [-0.05, 0) is 87.5 Å². The molecule has 2 bridgehead atoms. The Bertz CT molecular complexity index is 1290. The Morgan fingerprint density at radius 2 is 1.84 bits per heavy atom. The summed E-state index contributed by atoms with van der Waals surface area (Å²) in [5, 5.41) is 14.9. The fourth-order valence-corrected chi connectivity index (χ4v) is 6.84. The number of anilines is 1. The van der Waals surface area contributed by atoms with Crippen molar-refractivity contribution >= 4 is 11.4 Å². The molecule has 0 aliphatic carbocycles. The molecule has 1 aromatic heterocycles. The normalized spacial score (nSPS) is 23.6. The van der Waals surface area contributed by atoms with Gasteiger partial charge in [-0.3, -0.25) is 15.0 Å². The maximum absolute atomic E-state index is 11.2. The quantitative estimate of drug-likeness (QED) is 0.335. The van der Waals surface area contributed by atoms with E-state index in [1.165, 1.54) is 42.6 Å². The van der Waals surface area contributed by atoms with Crippen molar-refractivity contribution in [1.29, 1.82) is 0 Å². The van der Waals surface area contributed by atoms with E-state index in [1.54, 1.807) is 12.1 Å². The summed E-state index contributed by atoms with van der Waals surface area (Å²) in [6, 6.07) is 20.6. The van der Waals surface area contributed by atoms with Crippen molar-refractivity contribution in [2.45, 2.75) is 70.7 Å². The van der Waals surface area contributed by atoms with Gasteiger partial charge in [-0.25, -0.2) is 0 Å². The summed E-state index contributed by atoms with van der Waals surface area (Å²) in [6.45, 7) is 9.25. The first-order chi connectivity index (χ1) is 18.0. The van der Waals surface area contributed by atoms with Gasteiger partial charge in [0.1, 0.15) is 0 Å². The lowest BCUT2D eigenvalue weighted by Gasteiger charge is -2.35. The number of nitrogens with zero attached hydrogens (tertiary/aromatic N) is 4. The van der Waals surface area contributed by atoms with Gasteiger partial charge in [-0.15, -0.1) is 0 Å². The van der Waals surface area contributed by atoms with E-state index in [0.29, 0.717) is 18.1 Å². The van der Waals surface area contributed by atoms with Crippen LogP contribution in [0.2, 0.25) is 0 Å². The number of rotatable bonds is 7. The Morgan fingerprint density at radius 3 is 2.57 bits per heavy atom.